The molecule has 0 radical (unpaired) electrons. The number of aliphatic imine (C=N–C) groups is 1. The predicted octanol–water partition coefficient (Wildman–Crippen LogP) is 2.07. The van der Waals surface area contributed by atoms with Gasteiger partial charge in [0.1, 0.15) is 0 Å². The topological polar surface area (TPSA) is 48.9 Å². The number of rotatable bonds is 10. The molecule has 1 aliphatic heterocycles. The standard InChI is InChI=1S/C15H32N4O.HI/c1-3-16-15(18-10-8-14-20-2)17-9-4-5-11-19-12-6-7-13-19;/h3-14H2,1-2H3,(H2,16,17,18);1H. The maximum absolute atomic E-state index is 5.03. The minimum absolute atomic E-state index is 0. The minimum Gasteiger partial charge on any atom is -0.385 e. The molecule has 0 aliphatic carbocycles. The zero-order chi connectivity index (χ0) is 14.5. The van der Waals surface area contributed by atoms with Gasteiger partial charge < -0.3 is 20.3 Å². The first-order chi connectivity index (χ1) is 9.86. The third kappa shape index (κ3) is 11.2. The zero-order valence-corrected chi connectivity index (χ0v) is 16.0. The largest absolute Gasteiger partial charge is 0.385 e. The van der Waals surface area contributed by atoms with Gasteiger partial charge in [0.25, 0.3) is 0 Å². The molecule has 0 spiro atoms. The Morgan fingerprint density at radius 2 is 1.90 bits per heavy atom. The van der Waals surface area contributed by atoms with Crippen LogP contribution >= 0.6 is 24.0 Å². The van der Waals surface area contributed by atoms with E-state index in [0.717, 1.165) is 38.6 Å². The SMILES string of the molecule is CCNC(=NCCCOC)NCCCCN1CCCC1.I. The smallest absolute Gasteiger partial charge is 0.191 e. The molecule has 0 aromatic rings. The maximum atomic E-state index is 5.03. The van der Waals surface area contributed by atoms with E-state index in [-0.39, 0.29) is 24.0 Å². The lowest BCUT2D eigenvalue weighted by Crippen LogP contribution is -2.38. The molecular formula is C15H33IN4O. The summed E-state index contributed by atoms with van der Waals surface area (Å²) < 4.78 is 5.03. The predicted molar refractivity (Wildman–Crippen MR) is 101 cm³/mol. The molecule has 0 aromatic heterocycles. The number of nitrogens with zero attached hydrogens (tertiary/aromatic N) is 2. The quantitative estimate of drug-likeness (QED) is 0.250. The summed E-state index contributed by atoms with van der Waals surface area (Å²) in [5.74, 6) is 0.935. The van der Waals surface area contributed by atoms with Gasteiger partial charge in [0.05, 0.1) is 0 Å². The highest BCUT2D eigenvalue weighted by molar-refractivity contribution is 14.0. The molecule has 0 saturated carbocycles. The Morgan fingerprint density at radius 3 is 2.57 bits per heavy atom. The second-order valence-corrected chi connectivity index (χ2v) is 5.29. The van der Waals surface area contributed by atoms with E-state index in [1.165, 1.54) is 45.3 Å². The fraction of sp³-hybridized carbons (Fsp3) is 0.933. The molecule has 21 heavy (non-hydrogen) atoms. The Balaban J connectivity index is 0.00000400. The lowest BCUT2D eigenvalue weighted by atomic mass is 10.3. The summed E-state index contributed by atoms with van der Waals surface area (Å²) in [6.07, 6.45) is 6.23. The molecule has 0 atom stereocenters. The monoisotopic (exact) mass is 412 g/mol. The van der Waals surface area contributed by atoms with Crippen LogP contribution in [0.3, 0.4) is 0 Å². The molecule has 1 fully saturated rings. The summed E-state index contributed by atoms with van der Waals surface area (Å²) in [6.45, 7) is 9.46. The Kier molecular flexibility index (Phi) is 14.8. The van der Waals surface area contributed by atoms with Crippen LogP contribution in [0.1, 0.15) is 39.0 Å². The van der Waals surface area contributed by atoms with E-state index in [1.54, 1.807) is 7.11 Å². The van der Waals surface area contributed by atoms with Crippen molar-refractivity contribution >= 4 is 29.9 Å². The fourth-order valence-electron chi connectivity index (χ4n) is 2.41. The van der Waals surface area contributed by atoms with Crippen LogP contribution in [0.5, 0.6) is 0 Å². The number of hydrogen-bond donors (Lipinski definition) is 2. The molecule has 6 heteroatoms. The van der Waals surface area contributed by atoms with Crippen molar-refractivity contribution in [1.82, 2.24) is 15.5 Å². The molecular weight excluding hydrogens is 379 g/mol. The number of hydrogen-bond acceptors (Lipinski definition) is 3. The number of halogens is 1. The Labute approximate surface area is 147 Å². The van der Waals surface area contributed by atoms with Gasteiger partial charge >= 0.3 is 0 Å². The van der Waals surface area contributed by atoms with Crippen LogP contribution in [0.25, 0.3) is 0 Å². The summed E-state index contributed by atoms with van der Waals surface area (Å²) in [7, 11) is 1.73. The van der Waals surface area contributed by atoms with E-state index in [0.29, 0.717) is 0 Å². The Morgan fingerprint density at radius 1 is 1.14 bits per heavy atom. The van der Waals surface area contributed by atoms with Gasteiger partial charge in [-0.15, -0.1) is 24.0 Å². The van der Waals surface area contributed by atoms with Crippen molar-refractivity contribution in [2.45, 2.75) is 39.0 Å². The van der Waals surface area contributed by atoms with Crippen molar-refractivity contribution in [2.75, 3.05) is 53.0 Å². The molecule has 1 heterocycles. The highest BCUT2D eigenvalue weighted by atomic mass is 127. The van der Waals surface area contributed by atoms with Gasteiger partial charge in [-0.25, -0.2) is 0 Å². The summed E-state index contributed by atoms with van der Waals surface area (Å²) in [5, 5.41) is 6.68. The molecule has 0 unspecified atom stereocenters. The molecule has 126 valence electrons. The van der Waals surface area contributed by atoms with Gasteiger partial charge in [-0.2, -0.15) is 0 Å². The normalized spacial score (nSPS) is 15.8. The first kappa shape index (κ1) is 20.9. The number of methoxy groups -OCH3 is 1. The van der Waals surface area contributed by atoms with Gasteiger partial charge in [0, 0.05) is 33.4 Å². The fourth-order valence-corrected chi connectivity index (χ4v) is 2.41. The minimum atomic E-state index is 0. The zero-order valence-electron chi connectivity index (χ0n) is 13.7. The summed E-state index contributed by atoms with van der Waals surface area (Å²) in [4.78, 5) is 7.10. The van der Waals surface area contributed by atoms with Crippen molar-refractivity contribution in [3.05, 3.63) is 0 Å². The van der Waals surface area contributed by atoms with Gasteiger partial charge in [0.15, 0.2) is 5.96 Å². The van der Waals surface area contributed by atoms with Gasteiger partial charge in [0.2, 0.25) is 0 Å². The van der Waals surface area contributed by atoms with E-state index in [4.69, 9.17) is 4.74 Å². The second kappa shape index (κ2) is 14.8. The molecule has 1 aliphatic rings. The third-order valence-electron chi connectivity index (χ3n) is 3.51. The van der Waals surface area contributed by atoms with Crippen LogP contribution in [0.15, 0.2) is 4.99 Å². The van der Waals surface area contributed by atoms with E-state index < -0.39 is 0 Å². The third-order valence-corrected chi connectivity index (χ3v) is 3.51. The average Bonchev–Trinajstić information content (AvgIpc) is 2.96. The van der Waals surface area contributed by atoms with Crippen LogP contribution < -0.4 is 10.6 Å². The van der Waals surface area contributed by atoms with E-state index in [2.05, 4.69) is 27.4 Å². The van der Waals surface area contributed by atoms with Crippen LogP contribution in [0.2, 0.25) is 0 Å². The Bertz CT molecular complexity index is 258. The number of guanidine groups is 1. The first-order valence-electron chi connectivity index (χ1n) is 8.10. The lowest BCUT2D eigenvalue weighted by Gasteiger charge is -2.15. The summed E-state index contributed by atoms with van der Waals surface area (Å²) >= 11 is 0. The maximum Gasteiger partial charge on any atom is 0.191 e. The molecule has 1 rings (SSSR count). The van der Waals surface area contributed by atoms with E-state index in [1.807, 2.05) is 0 Å². The van der Waals surface area contributed by atoms with Crippen molar-refractivity contribution in [3.63, 3.8) is 0 Å². The van der Waals surface area contributed by atoms with E-state index in [9.17, 15) is 0 Å². The van der Waals surface area contributed by atoms with Crippen LogP contribution in [0, 0.1) is 0 Å². The molecule has 0 bridgehead atoms. The van der Waals surface area contributed by atoms with Crippen LogP contribution in [0.4, 0.5) is 0 Å². The summed E-state index contributed by atoms with van der Waals surface area (Å²) in [5.41, 5.74) is 0. The van der Waals surface area contributed by atoms with Crippen LogP contribution in [-0.4, -0.2) is 63.8 Å². The Hall–Kier alpha value is -0.0800. The van der Waals surface area contributed by atoms with Gasteiger partial charge in [-0.05, 0) is 58.7 Å². The molecule has 2 N–H and O–H groups in total. The average molecular weight is 412 g/mol. The molecule has 1 saturated heterocycles. The van der Waals surface area contributed by atoms with Crippen molar-refractivity contribution in [2.24, 2.45) is 4.99 Å². The van der Waals surface area contributed by atoms with Crippen molar-refractivity contribution in [1.29, 1.82) is 0 Å². The van der Waals surface area contributed by atoms with Gasteiger partial charge in [-0.1, -0.05) is 0 Å². The highest BCUT2D eigenvalue weighted by Crippen LogP contribution is 2.07. The number of ether oxygens (including phenoxy) is 1. The molecule has 0 aromatic carbocycles. The second-order valence-electron chi connectivity index (χ2n) is 5.29. The van der Waals surface area contributed by atoms with E-state index >= 15 is 0 Å². The number of nitrogens with one attached hydrogen (secondary N) is 2. The van der Waals surface area contributed by atoms with Gasteiger partial charge in [-0.3, -0.25) is 4.99 Å². The highest BCUT2D eigenvalue weighted by Gasteiger charge is 2.09. The molecule has 0 amide bonds. The molecule has 5 nitrogen and oxygen atoms in total. The first-order valence-corrected chi connectivity index (χ1v) is 8.10. The van der Waals surface area contributed by atoms with Crippen molar-refractivity contribution < 1.29 is 4.74 Å². The number of likely N-dealkylation sites (tertiary alicyclic amines) is 1. The summed E-state index contributed by atoms with van der Waals surface area (Å²) in [6, 6.07) is 0. The van der Waals surface area contributed by atoms with Crippen molar-refractivity contribution in [3.8, 4) is 0 Å². The lowest BCUT2D eigenvalue weighted by molar-refractivity contribution is 0.197. The number of unbranched alkanes of at least 4 members (excludes halogenated alkanes) is 1. The van der Waals surface area contributed by atoms with Crippen LogP contribution in [-0.2, 0) is 4.74 Å².